The highest BCUT2D eigenvalue weighted by Gasteiger charge is 2.50. The van der Waals surface area contributed by atoms with Crippen molar-refractivity contribution in [1.82, 2.24) is 0 Å². The van der Waals surface area contributed by atoms with Gasteiger partial charge < -0.3 is 39.0 Å². The standard InChI is InChI=1S/C57H94O12/c1-4-7-10-13-16-19-22-24-25-27-29-31-34-37-40-43-49(58)65-46-48(67-50(59)44-41-38-35-33-30-26-23-20-17-14-11-8-5-2)47-66-57-55(53(62)52(61)54(69-57)56(63)64)68-51(60)45-42-39-36-32-28-21-18-15-12-9-6-3/h7,10-11,14-16,18-20,23-25,48,52-55,57,61-62H,4-6,8-9,12-13,17,21-22,26-47H2,1-3H3,(H,63,64)/b10-7-,14-11-,18-15-,19-16-,23-20-,25-24-. The average molecular weight is 971 g/mol. The van der Waals surface area contributed by atoms with Crippen molar-refractivity contribution in [1.29, 1.82) is 0 Å². The van der Waals surface area contributed by atoms with Gasteiger partial charge in [0, 0.05) is 19.3 Å². The second-order valence-corrected chi connectivity index (χ2v) is 18.1. The predicted octanol–water partition coefficient (Wildman–Crippen LogP) is 13.0. The highest BCUT2D eigenvalue weighted by Crippen LogP contribution is 2.26. The third-order valence-corrected chi connectivity index (χ3v) is 11.7. The lowest BCUT2D eigenvalue weighted by Gasteiger charge is -2.40. The van der Waals surface area contributed by atoms with Crippen LogP contribution in [-0.4, -0.2) is 89.2 Å². The largest absolute Gasteiger partial charge is 0.479 e. The summed E-state index contributed by atoms with van der Waals surface area (Å²) in [5, 5.41) is 31.3. The molecule has 0 radical (unpaired) electrons. The maximum atomic E-state index is 13.1. The smallest absolute Gasteiger partial charge is 0.335 e. The molecule has 3 N–H and O–H groups in total. The molecule has 1 aliphatic heterocycles. The molecule has 1 rings (SSSR count). The number of aliphatic hydroxyl groups is 2. The molecule has 6 atom stereocenters. The number of aliphatic hydroxyl groups excluding tert-OH is 2. The van der Waals surface area contributed by atoms with Crippen LogP contribution in [0.2, 0.25) is 0 Å². The predicted molar refractivity (Wildman–Crippen MR) is 275 cm³/mol. The summed E-state index contributed by atoms with van der Waals surface area (Å²) >= 11 is 0. The highest BCUT2D eigenvalue weighted by molar-refractivity contribution is 5.74. The number of aliphatic carboxylic acids is 1. The number of unbranched alkanes of at least 4 members (excludes halogenated alkanes) is 18. The van der Waals surface area contributed by atoms with Gasteiger partial charge in [-0.3, -0.25) is 14.4 Å². The minimum Gasteiger partial charge on any atom is -0.479 e. The van der Waals surface area contributed by atoms with Crippen LogP contribution in [0, 0.1) is 0 Å². The van der Waals surface area contributed by atoms with Crippen molar-refractivity contribution in [2.45, 2.75) is 250 Å². The van der Waals surface area contributed by atoms with Crippen LogP contribution in [0.1, 0.15) is 213 Å². The number of carbonyl (C=O) groups excluding carboxylic acids is 3. The summed E-state index contributed by atoms with van der Waals surface area (Å²) in [6, 6.07) is 0. The summed E-state index contributed by atoms with van der Waals surface area (Å²) in [7, 11) is 0. The number of allylic oxidation sites excluding steroid dienone is 12. The van der Waals surface area contributed by atoms with Gasteiger partial charge in [0.1, 0.15) is 18.8 Å². The molecule has 0 aromatic carbocycles. The fourth-order valence-corrected chi connectivity index (χ4v) is 7.58. The normalized spacial score (nSPS) is 19.2. The zero-order chi connectivity index (χ0) is 50.4. The van der Waals surface area contributed by atoms with Crippen molar-refractivity contribution < 1.29 is 58.2 Å². The first-order chi connectivity index (χ1) is 33.6. The molecule has 1 saturated heterocycles. The average Bonchev–Trinajstić information content (AvgIpc) is 3.33. The fraction of sp³-hybridized carbons (Fsp3) is 0.719. The van der Waals surface area contributed by atoms with E-state index in [1.807, 2.05) is 0 Å². The molecule has 1 fully saturated rings. The lowest BCUT2D eigenvalue weighted by atomic mass is 9.98. The Kier molecular flexibility index (Phi) is 41.5. The third kappa shape index (κ3) is 35.8. The van der Waals surface area contributed by atoms with E-state index >= 15 is 0 Å². The van der Waals surface area contributed by atoms with Gasteiger partial charge in [-0.05, 0) is 96.3 Å². The Bertz CT molecular complexity index is 1480. The zero-order valence-electron chi connectivity index (χ0n) is 43.0. The van der Waals surface area contributed by atoms with Crippen molar-refractivity contribution >= 4 is 23.9 Å². The number of hydrogen-bond donors (Lipinski definition) is 3. The van der Waals surface area contributed by atoms with Crippen LogP contribution in [0.5, 0.6) is 0 Å². The van der Waals surface area contributed by atoms with Gasteiger partial charge in [-0.15, -0.1) is 0 Å². The maximum absolute atomic E-state index is 13.1. The van der Waals surface area contributed by atoms with Crippen LogP contribution in [0.25, 0.3) is 0 Å². The minimum atomic E-state index is -1.91. The minimum absolute atomic E-state index is 0.0444. The Labute approximate surface area is 417 Å². The van der Waals surface area contributed by atoms with Gasteiger partial charge >= 0.3 is 23.9 Å². The monoisotopic (exact) mass is 971 g/mol. The molecule has 0 aromatic rings. The molecule has 0 bridgehead atoms. The van der Waals surface area contributed by atoms with Gasteiger partial charge in [-0.1, -0.05) is 171 Å². The zero-order valence-corrected chi connectivity index (χ0v) is 43.0. The molecule has 0 spiro atoms. The van der Waals surface area contributed by atoms with Crippen molar-refractivity contribution in [3.05, 3.63) is 72.9 Å². The second kappa shape index (κ2) is 45.3. The van der Waals surface area contributed by atoms with E-state index in [1.54, 1.807) is 0 Å². The quantitative estimate of drug-likeness (QED) is 0.0228. The number of carboxylic acid groups (broad SMARTS) is 1. The number of hydrogen-bond acceptors (Lipinski definition) is 11. The van der Waals surface area contributed by atoms with Crippen molar-refractivity contribution in [2.75, 3.05) is 13.2 Å². The number of carboxylic acids is 1. The van der Waals surface area contributed by atoms with Crippen molar-refractivity contribution in [3.8, 4) is 0 Å². The Morgan fingerprint density at radius 1 is 0.493 bits per heavy atom. The van der Waals surface area contributed by atoms with Gasteiger partial charge in [0.15, 0.2) is 24.6 Å². The van der Waals surface area contributed by atoms with E-state index in [4.69, 9.17) is 23.7 Å². The van der Waals surface area contributed by atoms with E-state index in [2.05, 4.69) is 93.7 Å². The van der Waals surface area contributed by atoms with Crippen LogP contribution in [0.4, 0.5) is 0 Å². The van der Waals surface area contributed by atoms with Gasteiger partial charge in [0.25, 0.3) is 0 Å². The van der Waals surface area contributed by atoms with Crippen molar-refractivity contribution in [2.24, 2.45) is 0 Å². The van der Waals surface area contributed by atoms with E-state index < -0.39 is 67.3 Å². The van der Waals surface area contributed by atoms with Gasteiger partial charge in [0.05, 0.1) is 6.61 Å². The van der Waals surface area contributed by atoms with Crippen LogP contribution in [-0.2, 0) is 42.9 Å². The fourth-order valence-electron chi connectivity index (χ4n) is 7.58. The number of esters is 3. The van der Waals surface area contributed by atoms with Crippen LogP contribution < -0.4 is 0 Å². The number of rotatable bonds is 44. The summed E-state index contributed by atoms with van der Waals surface area (Å²) in [5.41, 5.74) is 0. The summed E-state index contributed by atoms with van der Waals surface area (Å²) in [4.78, 5) is 50.9. The first-order valence-corrected chi connectivity index (χ1v) is 26.9. The molecule has 0 aromatic heterocycles. The van der Waals surface area contributed by atoms with Crippen molar-refractivity contribution in [3.63, 3.8) is 0 Å². The topological polar surface area (TPSA) is 175 Å². The summed E-state index contributed by atoms with van der Waals surface area (Å²) in [5.74, 6) is -3.18. The first-order valence-electron chi connectivity index (χ1n) is 26.9. The summed E-state index contributed by atoms with van der Waals surface area (Å²) in [6.07, 6.45) is 43.2. The molecule has 12 heteroatoms. The molecule has 69 heavy (non-hydrogen) atoms. The Morgan fingerprint density at radius 2 is 0.942 bits per heavy atom. The molecule has 12 nitrogen and oxygen atoms in total. The van der Waals surface area contributed by atoms with E-state index in [-0.39, 0.29) is 25.9 Å². The maximum Gasteiger partial charge on any atom is 0.335 e. The number of carbonyl (C=O) groups is 4. The molecule has 394 valence electrons. The van der Waals surface area contributed by atoms with Crippen LogP contribution in [0.15, 0.2) is 72.9 Å². The molecule has 0 aliphatic carbocycles. The van der Waals surface area contributed by atoms with Gasteiger partial charge in [-0.2, -0.15) is 0 Å². The van der Waals surface area contributed by atoms with E-state index in [0.29, 0.717) is 19.3 Å². The Balaban J connectivity index is 2.75. The lowest BCUT2D eigenvalue weighted by Crippen LogP contribution is -2.61. The molecule has 1 heterocycles. The SMILES string of the molecule is CC/C=C\C/C=C\C/C=C\CCCCCCCC(=O)OCC(COC1OC(C(=O)O)C(O)C(O)C1OC(=O)CCCCCCC/C=C\CCCC)OC(=O)CCCCCCC/C=C\C/C=C\CCC. The van der Waals surface area contributed by atoms with E-state index in [0.717, 1.165) is 141 Å². The van der Waals surface area contributed by atoms with Gasteiger partial charge in [0.2, 0.25) is 0 Å². The molecule has 0 saturated carbocycles. The van der Waals surface area contributed by atoms with E-state index in [9.17, 15) is 34.5 Å². The Morgan fingerprint density at radius 3 is 1.46 bits per heavy atom. The first kappa shape index (κ1) is 63.2. The molecule has 0 amide bonds. The van der Waals surface area contributed by atoms with Crippen LogP contribution >= 0.6 is 0 Å². The third-order valence-electron chi connectivity index (χ3n) is 11.7. The molecule has 1 aliphatic rings. The molecular formula is C57H94O12. The molecule has 6 unspecified atom stereocenters. The summed E-state index contributed by atoms with van der Waals surface area (Å²) in [6.45, 7) is 5.71. The molecular weight excluding hydrogens is 877 g/mol. The number of ether oxygens (including phenoxy) is 5. The second-order valence-electron chi connectivity index (χ2n) is 18.1. The lowest BCUT2D eigenvalue weighted by molar-refractivity contribution is -0.301. The van der Waals surface area contributed by atoms with E-state index in [1.165, 1.54) is 12.8 Å². The summed E-state index contributed by atoms with van der Waals surface area (Å²) < 4.78 is 28.3. The Hall–Kier alpha value is -3.84. The van der Waals surface area contributed by atoms with Crippen LogP contribution in [0.3, 0.4) is 0 Å². The highest BCUT2D eigenvalue weighted by atomic mass is 16.7. The van der Waals surface area contributed by atoms with Gasteiger partial charge in [-0.25, -0.2) is 4.79 Å².